The van der Waals surface area contributed by atoms with E-state index in [0.717, 1.165) is 57.8 Å². The van der Waals surface area contributed by atoms with Gasteiger partial charge in [0.25, 0.3) is 0 Å². The zero-order valence-corrected chi connectivity index (χ0v) is 25.4. The van der Waals surface area contributed by atoms with E-state index in [1.54, 1.807) is 6.08 Å². The van der Waals surface area contributed by atoms with E-state index in [0.29, 0.717) is 6.42 Å². The molecule has 0 spiro atoms. The molecule has 2 atom stereocenters. The van der Waals surface area contributed by atoms with Crippen molar-refractivity contribution >= 4 is 5.91 Å². The number of allylic oxidation sites excluding steroid dienone is 9. The van der Waals surface area contributed by atoms with Crippen LogP contribution in [0.4, 0.5) is 0 Å². The summed E-state index contributed by atoms with van der Waals surface area (Å²) in [7, 11) is 0. The van der Waals surface area contributed by atoms with Crippen molar-refractivity contribution in [3.05, 3.63) is 60.8 Å². The second kappa shape index (κ2) is 30.6. The number of hydrogen-bond donors (Lipinski definition) is 3. The lowest BCUT2D eigenvalue weighted by Gasteiger charge is -2.19. The van der Waals surface area contributed by atoms with Gasteiger partial charge >= 0.3 is 0 Å². The molecule has 1 amide bonds. The van der Waals surface area contributed by atoms with Crippen molar-refractivity contribution in [2.45, 2.75) is 148 Å². The summed E-state index contributed by atoms with van der Waals surface area (Å²) in [6.45, 7) is 4.16. The molecule has 0 aromatic heterocycles. The Bertz CT molecular complexity index is 677. The summed E-state index contributed by atoms with van der Waals surface area (Å²) in [5.74, 6) is -0.0986. The van der Waals surface area contributed by atoms with Crippen molar-refractivity contribution in [2.75, 3.05) is 6.61 Å². The summed E-state index contributed by atoms with van der Waals surface area (Å²) < 4.78 is 0. The van der Waals surface area contributed by atoms with Crippen LogP contribution in [-0.2, 0) is 4.79 Å². The van der Waals surface area contributed by atoms with Gasteiger partial charge in [-0.2, -0.15) is 0 Å². The molecule has 0 heterocycles. The number of carbonyl (C=O) groups excluding carboxylic acids is 1. The van der Waals surface area contributed by atoms with E-state index >= 15 is 0 Å². The van der Waals surface area contributed by atoms with Gasteiger partial charge in [0, 0.05) is 6.42 Å². The predicted molar refractivity (Wildman–Crippen MR) is 170 cm³/mol. The fourth-order valence-corrected chi connectivity index (χ4v) is 4.18. The SMILES string of the molecule is CCC/C=C\C/C=C\CCCCCCCC(=O)NC(CO)C(O)/C=C/CC/C=C/CC/C=C/CCCCCC. The molecule has 4 nitrogen and oxygen atoms in total. The molecular weight excluding hydrogens is 482 g/mol. The number of unbranched alkanes of at least 4 members (excludes halogenated alkanes) is 12. The molecule has 0 rings (SSSR count). The number of carbonyl (C=O) groups is 1. The minimum Gasteiger partial charge on any atom is -0.394 e. The monoisotopic (exact) mass is 543 g/mol. The highest BCUT2D eigenvalue weighted by Crippen LogP contribution is 2.09. The van der Waals surface area contributed by atoms with Crippen molar-refractivity contribution in [1.82, 2.24) is 5.32 Å². The van der Waals surface area contributed by atoms with Gasteiger partial charge in [0.05, 0.1) is 18.8 Å². The quantitative estimate of drug-likeness (QED) is 0.0715. The molecule has 0 aromatic carbocycles. The first kappa shape index (κ1) is 37.1. The fraction of sp³-hybridized carbons (Fsp3) is 0.686. The molecule has 0 fully saturated rings. The number of amides is 1. The summed E-state index contributed by atoms with van der Waals surface area (Å²) in [6.07, 6.45) is 41.5. The highest BCUT2D eigenvalue weighted by atomic mass is 16.3. The van der Waals surface area contributed by atoms with Crippen molar-refractivity contribution in [1.29, 1.82) is 0 Å². The second-order valence-corrected chi connectivity index (χ2v) is 10.5. The van der Waals surface area contributed by atoms with E-state index in [2.05, 4.69) is 67.8 Å². The van der Waals surface area contributed by atoms with Gasteiger partial charge in [0.2, 0.25) is 5.91 Å². The maximum atomic E-state index is 12.2. The molecule has 0 aliphatic heterocycles. The molecule has 4 heteroatoms. The van der Waals surface area contributed by atoms with Crippen LogP contribution in [0.15, 0.2) is 60.8 Å². The van der Waals surface area contributed by atoms with Crippen LogP contribution in [-0.4, -0.2) is 34.9 Å². The van der Waals surface area contributed by atoms with Crippen LogP contribution < -0.4 is 5.32 Å². The Morgan fingerprint density at radius 1 is 0.615 bits per heavy atom. The van der Waals surface area contributed by atoms with Gasteiger partial charge in [-0.05, 0) is 70.6 Å². The van der Waals surface area contributed by atoms with Crippen molar-refractivity contribution in [3.8, 4) is 0 Å². The van der Waals surface area contributed by atoms with Crippen LogP contribution in [0, 0.1) is 0 Å². The predicted octanol–water partition coefficient (Wildman–Crippen LogP) is 9.06. The average Bonchev–Trinajstić information content (AvgIpc) is 2.94. The number of hydrogen-bond acceptors (Lipinski definition) is 3. The number of nitrogens with one attached hydrogen (secondary N) is 1. The smallest absolute Gasteiger partial charge is 0.220 e. The molecule has 0 aliphatic rings. The van der Waals surface area contributed by atoms with E-state index in [1.807, 2.05) is 6.08 Å². The first-order valence-corrected chi connectivity index (χ1v) is 16.0. The highest BCUT2D eigenvalue weighted by Gasteiger charge is 2.17. The Morgan fingerprint density at radius 3 is 1.74 bits per heavy atom. The minimum atomic E-state index is -0.874. The lowest BCUT2D eigenvalue weighted by atomic mass is 10.1. The Morgan fingerprint density at radius 2 is 1.13 bits per heavy atom. The van der Waals surface area contributed by atoms with E-state index in [4.69, 9.17) is 0 Å². The van der Waals surface area contributed by atoms with Crippen molar-refractivity contribution in [2.24, 2.45) is 0 Å². The highest BCUT2D eigenvalue weighted by molar-refractivity contribution is 5.76. The van der Waals surface area contributed by atoms with Gasteiger partial charge in [-0.15, -0.1) is 0 Å². The number of aliphatic hydroxyl groups excluding tert-OH is 2. The molecule has 0 saturated carbocycles. The molecule has 0 aliphatic carbocycles. The first-order chi connectivity index (χ1) is 19.2. The Balaban J connectivity index is 3.81. The summed E-state index contributed by atoms with van der Waals surface area (Å²) >= 11 is 0. The first-order valence-electron chi connectivity index (χ1n) is 16.0. The molecule has 0 radical (unpaired) electrons. The standard InChI is InChI=1S/C35H61NO3/c1-3-5-7-9-11-13-15-17-19-20-22-24-26-28-30-34(38)33(32-37)36-35(39)31-29-27-25-23-21-18-16-14-12-10-8-6-4-2/h8,10,13-16,20,22,28,30,33-34,37-38H,3-7,9,11-12,17-19,21,23-27,29,31-32H2,1-2H3,(H,36,39)/b10-8-,15-13+,16-14-,22-20+,30-28+. The van der Waals surface area contributed by atoms with E-state index < -0.39 is 12.1 Å². The average molecular weight is 544 g/mol. The summed E-state index contributed by atoms with van der Waals surface area (Å²) in [5.41, 5.74) is 0. The normalized spacial score (nSPS) is 14.1. The molecule has 224 valence electrons. The van der Waals surface area contributed by atoms with Crippen LogP contribution in [0.25, 0.3) is 0 Å². The van der Waals surface area contributed by atoms with Gasteiger partial charge in [-0.3, -0.25) is 4.79 Å². The largest absolute Gasteiger partial charge is 0.394 e. The van der Waals surface area contributed by atoms with E-state index in [9.17, 15) is 15.0 Å². The van der Waals surface area contributed by atoms with Gasteiger partial charge in [-0.25, -0.2) is 0 Å². The molecular formula is C35H61NO3. The third-order valence-corrected chi connectivity index (χ3v) is 6.68. The zero-order chi connectivity index (χ0) is 28.7. The Labute approximate surface area is 241 Å². The Hall–Kier alpha value is -1.91. The lowest BCUT2D eigenvalue weighted by molar-refractivity contribution is -0.123. The summed E-state index contributed by atoms with van der Waals surface area (Å²) in [6, 6.07) is -0.651. The fourth-order valence-electron chi connectivity index (χ4n) is 4.18. The van der Waals surface area contributed by atoms with Crippen LogP contribution >= 0.6 is 0 Å². The molecule has 39 heavy (non-hydrogen) atoms. The summed E-state index contributed by atoms with van der Waals surface area (Å²) in [5, 5.41) is 22.7. The van der Waals surface area contributed by atoms with Gasteiger partial charge in [0.15, 0.2) is 0 Å². The zero-order valence-electron chi connectivity index (χ0n) is 25.4. The second-order valence-electron chi connectivity index (χ2n) is 10.5. The van der Waals surface area contributed by atoms with Crippen LogP contribution in [0.5, 0.6) is 0 Å². The molecule has 0 saturated heterocycles. The Kier molecular flexibility index (Phi) is 29.1. The minimum absolute atomic E-state index is 0.0986. The maximum Gasteiger partial charge on any atom is 0.220 e. The van der Waals surface area contributed by atoms with Gasteiger partial charge in [0.1, 0.15) is 0 Å². The maximum absolute atomic E-state index is 12.2. The van der Waals surface area contributed by atoms with Crippen molar-refractivity contribution in [3.63, 3.8) is 0 Å². The lowest BCUT2D eigenvalue weighted by Crippen LogP contribution is -2.45. The van der Waals surface area contributed by atoms with Crippen LogP contribution in [0.2, 0.25) is 0 Å². The number of aliphatic hydroxyl groups is 2. The molecule has 0 aromatic rings. The topological polar surface area (TPSA) is 69.6 Å². The molecule has 0 bridgehead atoms. The third-order valence-electron chi connectivity index (χ3n) is 6.68. The van der Waals surface area contributed by atoms with Crippen LogP contribution in [0.3, 0.4) is 0 Å². The summed E-state index contributed by atoms with van der Waals surface area (Å²) in [4.78, 5) is 12.2. The van der Waals surface area contributed by atoms with E-state index in [-0.39, 0.29) is 12.5 Å². The number of rotatable bonds is 27. The molecule has 2 unspecified atom stereocenters. The van der Waals surface area contributed by atoms with E-state index in [1.165, 1.54) is 57.8 Å². The van der Waals surface area contributed by atoms with Gasteiger partial charge < -0.3 is 15.5 Å². The third kappa shape index (κ3) is 27.4. The van der Waals surface area contributed by atoms with Crippen LogP contribution in [0.1, 0.15) is 136 Å². The van der Waals surface area contributed by atoms with Gasteiger partial charge in [-0.1, -0.05) is 120 Å². The van der Waals surface area contributed by atoms with Crippen molar-refractivity contribution < 1.29 is 15.0 Å². The molecule has 3 N–H and O–H groups in total.